The van der Waals surface area contributed by atoms with E-state index < -0.39 is 0 Å². The van der Waals surface area contributed by atoms with Crippen LogP contribution >= 0.6 is 0 Å². The number of hydrogen-bond acceptors (Lipinski definition) is 5. The van der Waals surface area contributed by atoms with Crippen molar-refractivity contribution in [2.75, 3.05) is 25.1 Å². The van der Waals surface area contributed by atoms with Gasteiger partial charge in [0.15, 0.2) is 0 Å². The molecule has 30 heavy (non-hydrogen) atoms. The van der Waals surface area contributed by atoms with Gasteiger partial charge in [-0.1, -0.05) is 25.1 Å². The van der Waals surface area contributed by atoms with Crippen LogP contribution in [0.5, 0.6) is 5.75 Å². The van der Waals surface area contributed by atoms with Gasteiger partial charge in [0.25, 0.3) is 5.56 Å². The number of ether oxygens (including phenoxy) is 1. The number of hydrogen-bond donors (Lipinski definition) is 1. The first-order valence-electron chi connectivity index (χ1n) is 10.6. The van der Waals surface area contributed by atoms with Crippen molar-refractivity contribution in [3.05, 3.63) is 70.3 Å². The molecule has 1 fully saturated rings. The minimum atomic E-state index is -0.127. The Bertz CT molecular complexity index is 1040. The molecule has 6 heteroatoms. The Morgan fingerprint density at radius 1 is 1.17 bits per heavy atom. The van der Waals surface area contributed by atoms with Crippen LogP contribution in [-0.4, -0.2) is 35.2 Å². The van der Waals surface area contributed by atoms with Gasteiger partial charge in [-0.3, -0.25) is 4.79 Å². The van der Waals surface area contributed by atoms with E-state index in [0.29, 0.717) is 11.7 Å². The first kappa shape index (κ1) is 20.1. The molecule has 1 N–H and O–H groups in total. The molecule has 0 unspecified atom stereocenters. The topological polar surface area (TPSA) is 71.1 Å². The third-order valence-corrected chi connectivity index (χ3v) is 5.82. The molecule has 0 bridgehead atoms. The zero-order chi connectivity index (χ0) is 20.9. The highest BCUT2D eigenvalue weighted by atomic mass is 16.5. The minimum Gasteiger partial charge on any atom is -0.496 e. The Morgan fingerprint density at radius 2 is 1.97 bits per heavy atom. The second kappa shape index (κ2) is 9.11. The number of H-pyrrole nitrogens is 1. The van der Waals surface area contributed by atoms with Crippen molar-refractivity contribution in [2.45, 2.75) is 32.6 Å². The summed E-state index contributed by atoms with van der Waals surface area (Å²) in [6.07, 6.45) is 5.85. The smallest absolute Gasteiger partial charge is 0.251 e. The minimum absolute atomic E-state index is 0.127. The predicted molar refractivity (Wildman–Crippen MR) is 119 cm³/mol. The Balaban J connectivity index is 1.39. The highest BCUT2D eigenvalue weighted by Gasteiger charge is 2.21. The molecule has 1 aliphatic heterocycles. The normalized spacial score (nSPS) is 14.7. The second-order valence-electron chi connectivity index (χ2n) is 7.79. The number of aryl methyl sites for hydroxylation is 1. The average Bonchev–Trinajstić information content (AvgIpc) is 2.79. The third kappa shape index (κ3) is 4.53. The molecule has 1 saturated heterocycles. The van der Waals surface area contributed by atoms with E-state index in [-0.39, 0.29) is 5.56 Å². The zero-order valence-electron chi connectivity index (χ0n) is 17.6. The third-order valence-electron chi connectivity index (χ3n) is 5.82. The molecule has 2 aromatic heterocycles. The Morgan fingerprint density at radius 3 is 2.67 bits per heavy atom. The molecule has 0 atom stereocenters. The Labute approximate surface area is 177 Å². The SMILES string of the molecule is CCc1cc(=O)[nH]c(-c2ccc(N3CCC(Cc4ccccc4OC)CC3)nc2)n1. The van der Waals surface area contributed by atoms with Crippen LogP contribution in [0.15, 0.2) is 53.5 Å². The number of nitrogens with zero attached hydrogens (tertiary/aromatic N) is 3. The number of aromatic amines is 1. The van der Waals surface area contributed by atoms with Crippen molar-refractivity contribution >= 4 is 5.82 Å². The van der Waals surface area contributed by atoms with Gasteiger partial charge in [0.05, 0.1) is 7.11 Å². The lowest BCUT2D eigenvalue weighted by Gasteiger charge is -2.33. The van der Waals surface area contributed by atoms with E-state index in [1.807, 2.05) is 31.2 Å². The summed E-state index contributed by atoms with van der Waals surface area (Å²) in [5.41, 5.74) is 2.78. The van der Waals surface area contributed by atoms with Gasteiger partial charge in [-0.2, -0.15) is 0 Å². The lowest BCUT2D eigenvalue weighted by molar-refractivity contribution is 0.380. The summed E-state index contributed by atoms with van der Waals surface area (Å²) in [7, 11) is 1.74. The van der Waals surface area contributed by atoms with Crippen molar-refractivity contribution in [1.82, 2.24) is 15.0 Å². The number of anilines is 1. The molecular weight excluding hydrogens is 376 g/mol. The van der Waals surface area contributed by atoms with Gasteiger partial charge in [0, 0.05) is 36.6 Å². The fourth-order valence-electron chi connectivity index (χ4n) is 4.09. The second-order valence-corrected chi connectivity index (χ2v) is 7.79. The van der Waals surface area contributed by atoms with Crippen molar-refractivity contribution in [2.24, 2.45) is 5.92 Å². The molecule has 0 aliphatic carbocycles. The molecule has 0 spiro atoms. The fraction of sp³-hybridized carbons (Fsp3) is 0.375. The lowest BCUT2D eigenvalue weighted by atomic mass is 9.90. The summed E-state index contributed by atoms with van der Waals surface area (Å²) in [5.74, 6) is 3.19. The summed E-state index contributed by atoms with van der Waals surface area (Å²) in [6.45, 7) is 3.98. The maximum Gasteiger partial charge on any atom is 0.251 e. The highest BCUT2D eigenvalue weighted by Crippen LogP contribution is 2.28. The van der Waals surface area contributed by atoms with Crippen molar-refractivity contribution in [3.63, 3.8) is 0 Å². The molecule has 1 aliphatic rings. The maximum absolute atomic E-state index is 11.8. The van der Waals surface area contributed by atoms with Crippen molar-refractivity contribution in [1.29, 1.82) is 0 Å². The molecule has 6 nitrogen and oxygen atoms in total. The predicted octanol–water partition coefficient (Wildman–Crippen LogP) is 3.86. The van der Waals surface area contributed by atoms with E-state index in [4.69, 9.17) is 4.74 Å². The summed E-state index contributed by atoms with van der Waals surface area (Å²) in [5, 5.41) is 0. The largest absolute Gasteiger partial charge is 0.496 e. The van der Waals surface area contributed by atoms with Gasteiger partial charge in [0.2, 0.25) is 0 Å². The van der Waals surface area contributed by atoms with E-state index in [1.165, 1.54) is 5.56 Å². The quantitative estimate of drug-likeness (QED) is 0.675. The van der Waals surface area contributed by atoms with Crippen molar-refractivity contribution in [3.8, 4) is 17.1 Å². The number of rotatable bonds is 6. The number of methoxy groups -OCH3 is 1. The van der Waals surface area contributed by atoms with Gasteiger partial charge in [-0.15, -0.1) is 0 Å². The van der Waals surface area contributed by atoms with Crippen LogP contribution in [0.4, 0.5) is 5.82 Å². The summed E-state index contributed by atoms with van der Waals surface area (Å²) >= 11 is 0. The van der Waals surface area contributed by atoms with Crippen LogP contribution in [0.1, 0.15) is 31.0 Å². The zero-order valence-corrected chi connectivity index (χ0v) is 17.6. The van der Waals surface area contributed by atoms with E-state index in [1.54, 1.807) is 19.4 Å². The number of para-hydroxylation sites is 1. The monoisotopic (exact) mass is 404 g/mol. The van der Waals surface area contributed by atoms with Crippen LogP contribution in [0.2, 0.25) is 0 Å². The van der Waals surface area contributed by atoms with Gasteiger partial charge in [0.1, 0.15) is 17.4 Å². The van der Waals surface area contributed by atoms with Gasteiger partial charge >= 0.3 is 0 Å². The average molecular weight is 405 g/mol. The maximum atomic E-state index is 11.8. The van der Waals surface area contributed by atoms with Crippen LogP contribution in [-0.2, 0) is 12.8 Å². The van der Waals surface area contributed by atoms with E-state index >= 15 is 0 Å². The first-order valence-corrected chi connectivity index (χ1v) is 10.6. The molecule has 3 heterocycles. The number of benzene rings is 1. The van der Waals surface area contributed by atoms with Crippen LogP contribution < -0.4 is 15.2 Å². The number of pyridine rings is 1. The van der Waals surface area contributed by atoms with Gasteiger partial charge in [-0.05, 0) is 55.4 Å². The number of aromatic nitrogens is 3. The lowest BCUT2D eigenvalue weighted by Crippen LogP contribution is -2.34. The summed E-state index contributed by atoms with van der Waals surface area (Å²) < 4.78 is 5.50. The molecule has 156 valence electrons. The summed E-state index contributed by atoms with van der Waals surface area (Å²) in [4.78, 5) is 26.1. The Hall–Kier alpha value is -3.15. The molecule has 0 amide bonds. The van der Waals surface area contributed by atoms with Crippen molar-refractivity contribution < 1.29 is 4.74 Å². The number of piperidine rings is 1. The van der Waals surface area contributed by atoms with E-state index in [9.17, 15) is 4.79 Å². The van der Waals surface area contributed by atoms with Crippen LogP contribution in [0.25, 0.3) is 11.4 Å². The van der Waals surface area contributed by atoms with Gasteiger partial charge < -0.3 is 14.6 Å². The van der Waals surface area contributed by atoms with Crippen LogP contribution in [0.3, 0.4) is 0 Å². The first-order chi connectivity index (χ1) is 14.7. The Kier molecular flexibility index (Phi) is 6.12. The molecule has 1 aromatic carbocycles. The molecule has 4 rings (SSSR count). The van der Waals surface area contributed by atoms with Crippen LogP contribution in [0, 0.1) is 5.92 Å². The highest BCUT2D eigenvalue weighted by molar-refractivity contribution is 5.56. The standard InChI is InChI=1S/C24H28N4O2/c1-3-20-15-23(29)27-24(26-20)19-8-9-22(25-16-19)28-12-10-17(11-13-28)14-18-6-4-5-7-21(18)30-2/h4-9,15-17H,3,10-14H2,1-2H3,(H,26,27,29). The molecule has 3 aromatic rings. The molecule has 0 saturated carbocycles. The summed E-state index contributed by atoms with van der Waals surface area (Å²) in [6, 6.07) is 13.8. The van der Waals surface area contributed by atoms with E-state index in [0.717, 1.165) is 61.6 Å². The fourth-order valence-corrected chi connectivity index (χ4v) is 4.09. The van der Waals surface area contributed by atoms with Gasteiger partial charge in [-0.25, -0.2) is 9.97 Å². The van der Waals surface area contributed by atoms with E-state index in [2.05, 4.69) is 32.0 Å². The molecular formula is C24H28N4O2. The number of nitrogens with one attached hydrogen (secondary N) is 1. The molecule has 0 radical (unpaired) electrons.